The maximum atomic E-state index is 13.8. The average molecular weight is 462 g/mol. The van der Waals surface area contributed by atoms with Crippen molar-refractivity contribution in [1.82, 2.24) is 19.5 Å². The lowest BCUT2D eigenvalue weighted by molar-refractivity contribution is 0.111. The van der Waals surface area contributed by atoms with Crippen LogP contribution in [0.1, 0.15) is 37.3 Å². The number of hydrogen-bond donors (Lipinski definition) is 2. The molecule has 5 rings (SSSR count). The largest absolute Gasteiger partial charge is 0.393 e. The van der Waals surface area contributed by atoms with E-state index in [4.69, 9.17) is 4.98 Å². The van der Waals surface area contributed by atoms with Crippen LogP contribution in [0, 0.1) is 18.6 Å². The van der Waals surface area contributed by atoms with E-state index in [1.54, 1.807) is 30.7 Å². The van der Waals surface area contributed by atoms with Crippen molar-refractivity contribution < 1.29 is 13.9 Å². The van der Waals surface area contributed by atoms with Gasteiger partial charge in [0.15, 0.2) is 0 Å². The summed E-state index contributed by atoms with van der Waals surface area (Å²) in [5, 5.41) is 13.1. The maximum absolute atomic E-state index is 13.8. The Morgan fingerprint density at radius 3 is 2.44 bits per heavy atom. The fourth-order valence-electron chi connectivity index (χ4n) is 4.45. The Morgan fingerprint density at radius 2 is 1.68 bits per heavy atom. The fraction of sp³-hybridized carbons (Fsp3) is 0.269. The summed E-state index contributed by atoms with van der Waals surface area (Å²) in [7, 11) is 0. The lowest BCUT2D eigenvalue weighted by atomic mass is 9.92. The number of aliphatic hydroxyl groups is 1. The lowest BCUT2D eigenvalue weighted by Crippen LogP contribution is -2.21. The molecule has 0 amide bonds. The van der Waals surface area contributed by atoms with Gasteiger partial charge in [-0.3, -0.25) is 0 Å². The molecule has 8 heteroatoms. The third-order valence-corrected chi connectivity index (χ3v) is 6.32. The molecule has 174 valence electrons. The van der Waals surface area contributed by atoms with Crippen molar-refractivity contribution in [2.75, 3.05) is 5.32 Å². The maximum Gasteiger partial charge on any atom is 0.227 e. The number of aromatic nitrogens is 4. The Hall–Kier alpha value is -3.65. The van der Waals surface area contributed by atoms with Gasteiger partial charge in [0.2, 0.25) is 5.95 Å². The van der Waals surface area contributed by atoms with Gasteiger partial charge in [-0.25, -0.2) is 23.7 Å². The molecule has 2 heterocycles. The summed E-state index contributed by atoms with van der Waals surface area (Å²) in [5.41, 5.74) is 4.38. The molecule has 2 aromatic carbocycles. The topological polar surface area (TPSA) is 75.9 Å². The smallest absolute Gasteiger partial charge is 0.227 e. The number of anilines is 2. The molecule has 1 fully saturated rings. The zero-order valence-electron chi connectivity index (χ0n) is 18.7. The number of aryl methyl sites for hydroxylation is 1. The fourth-order valence-corrected chi connectivity index (χ4v) is 4.45. The molecule has 0 radical (unpaired) electrons. The van der Waals surface area contributed by atoms with Crippen molar-refractivity contribution in [3.05, 3.63) is 78.3 Å². The molecule has 1 aliphatic carbocycles. The van der Waals surface area contributed by atoms with E-state index >= 15 is 0 Å². The number of aliphatic hydroxyl groups excluding tert-OH is 1. The van der Waals surface area contributed by atoms with Gasteiger partial charge in [0.25, 0.3) is 0 Å². The van der Waals surface area contributed by atoms with E-state index in [-0.39, 0.29) is 23.8 Å². The summed E-state index contributed by atoms with van der Waals surface area (Å²) in [6.07, 6.45) is 6.27. The number of imidazole rings is 1. The Bertz CT molecular complexity index is 1300. The predicted octanol–water partition coefficient (Wildman–Crippen LogP) is 5.81. The second-order valence-corrected chi connectivity index (χ2v) is 8.67. The predicted molar refractivity (Wildman–Crippen MR) is 127 cm³/mol. The third kappa shape index (κ3) is 4.54. The molecule has 0 atom stereocenters. The van der Waals surface area contributed by atoms with E-state index in [1.807, 2.05) is 13.0 Å². The summed E-state index contributed by atoms with van der Waals surface area (Å²) >= 11 is 0. The summed E-state index contributed by atoms with van der Waals surface area (Å²) in [5.74, 6) is -0.325. The molecule has 0 saturated heterocycles. The highest BCUT2D eigenvalue weighted by molar-refractivity contribution is 5.77. The number of nitrogens with zero attached hydrogens (tertiary/aromatic N) is 4. The van der Waals surface area contributed by atoms with Gasteiger partial charge in [-0.2, -0.15) is 0 Å². The molecular formula is C26H25F2N5O. The van der Waals surface area contributed by atoms with E-state index < -0.39 is 0 Å². The van der Waals surface area contributed by atoms with Crippen LogP contribution in [0.15, 0.2) is 61.1 Å². The SMILES string of the molecule is Cc1ccc(F)cc1Nc1nccc(-c2c(-c3ccc(F)cc3)ncn2[C@H]2CC[C@H](O)CC2)n1. The highest BCUT2D eigenvalue weighted by Crippen LogP contribution is 2.37. The molecule has 0 spiro atoms. The Kier molecular flexibility index (Phi) is 6.06. The molecule has 34 heavy (non-hydrogen) atoms. The standard InChI is InChI=1S/C26H25F2N5O/c1-16-2-5-19(28)14-23(16)32-26-29-13-12-22(31-26)25-24(17-3-6-18(27)7-4-17)30-15-33(25)20-8-10-21(34)11-9-20/h2-7,12-15,20-21,34H,8-11H2,1H3,(H,29,31,32)/t20-,21-. The minimum atomic E-state index is -0.347. The van der Waals surface area contributed by atoms with Crippen molar-refractivity contribution in [3.8, 4) is 22.6 Å². The highest BCUT2D eigenvalue weighted by Gasteiger charge is 2.26. The number of halogens is 2. The van der Waals surface area contributed by atoms with Crippen LogP contribution in [0.2, 0.25) is 0 Å². The molecule has 6 nitrogen and oxygen atoms in total. The van der Waals surface area contributed by atoms with Crippen molar-refractivity contribution in [1.29, 1.82) is 0 Å². The van der Waals surface area contributed by atoms with Crippen LogP contribution in [-0.2, 0) is 0 Å². The Morgan fingerprint density at radius 1 is 0.941 bits per heavy atom. The molecule has 1 saturated carbocycles. The zero-order valence-corrected chi connectivity index (χ0v) is 18.7. The molecule has 2 N–H and O–H groups in total. The second-order valence-electron chi connectivity index (χ2n) is 8.67. The van der Waals surface area contributed by atoms with Crippen molar-refractivity contribution >= 4 is 11.6 Å². The van der Waals surface area contributed by atoms with Gasteiger partial charge in [-0.1, -0.05) is 6.07 Å². The first-order valence-corrected chi connectivity index (χ1v) is 11.4. The van der Waals surface area contributed by atoms with Crippen molar-refractivity contribution in [2.24, 2.45) is 0 Å². The Balaban J connectivity index is 1.57. The van der Waals surface area contributed by atoms with Gasteiger partial charge in [-0.05, 0) is 80.6 Å². The van der Waals surface area contributed by atoms with Crippen LogP contribution >= 0.6 is 0 Å². The van der Waals surface area contributed by atoms with E-state index in [1.165, 1.54) is 24.3 Å². The zero-order chi connectivity index (χ0) is 23.7. The van der Waals surface area contributed by atoms with Crippen LogP contribution < -0.4 is 5.32 Å². The van der Waals surface area contributed by atoms with Gasteiger partial charge < -0.3 is 15.0 Å². The quantitative estimate of drug-likeness (QED) is 0.392. The van der Waals surface area contributed by atoms with Gasteiger partial charge in [-0.15, -0.1) is 0 Å². The monoisotopic (exact) mass is 461 g/mol. The molecular weight excluding hydrogens is 436 g/mol. The number of nitrogens with one attached hydrogen (secondary N) is 1. The third-order valence-electron chi connectivity index (χ3n) is 6.32. The van der Waals surface area contributed by atoms with Gasteiger partial charge in [0, 0.05) is 23.5 Å². The first-order chi connectivity index (χ1) is 16.5. The molecule has 4 aromatic rings. The molecule has 1 aliphatic rings. The minimum absolute atomic E-state index is 0.164. The van der Waals surface area contributed by atoms with E-state index in [2.05, 4.69) is 19.9 Å². The normalized spacial score (nSPS) is 18.1. The van der Waals surface area contributed by atoms with Gasteiger partial charge in [0.05, 0.1) is 29.5 Å². The van der Waals surface area contributed by atoms with E-state index in [0.29, 0.717) is 23.0 Å². The van der Waals surface area contributed by atoms with Crippen LogP contribution in [-0.4, -0.2) is 30.7 Å². The first kappa shape index (κ1) is 22.2. The van der Waals surface area contributed by atoms with E-state index in [0.717, 1.165) is 42.5 Å². The van der Waals surface area contributed by atoms with Crippen molar-refractivity contribution in [3.63, 3.8) is 0 Å². The van der Waals surface area contributed by atoms with Gasteiger partial charge in [0.1, 0.15) is 11.6 Å². The lowest BCUT2D eigenvalue weighted by Gasteiger charge is -2.28. The molecule has 0 unspecified atom stereocenters. The van der Waals surface area contributed by atoms with Crippen LogP contribution in [0.4, 0.5) is 20.4 Å². The number of rotatable bonds is 5. The highest BCUT2D eigenvalue weighted by atomic mass is 19.1. The summed E-state index contributed by atoms with van der Waals surface area (Å²) in [4.78, 5) is 13.7. The number of hydrogen-bond acceptors (Lipinski definition) is 5. The van der Waals surface area contributed by atoms with Crippen molar-refractivity contribution in [2.45, 2.75) is 44.8 Å². The average Bonchev–Trinajstić information content (AvgIpc) is 3.28. The molecule has 0 aliphatic heterocycles. The number of benzene rings is 2. The first-order valence-electron chi connectivity index (χ1n) is 11.4. The summed E-state index contributed by atoms with van der Waals surface area (Å²) < 4.78 is 29.4. The van der Waals surface area contributed by atoms with Crippen LogP contribution in [0.5, 0.6) is 0 Å². The molecule has 2 aromatic heterocycles. The van der Waals surface area contributed by atoms with Crippen LogP contribution in [0.3, 0.4) is 0 Å². The van der Waals surface area contributed by atoms with Gasteiger partial charge >= 0.3 is 0 Å². The van der Waals surface area contributed by atoms with Crippen LogP contribution in [0.25, 0.3) is 22.6 Å². The molecule has 0 bridgehead atoms. The summed E-state index contributed by atoms with van der Waals surface area (Å²) in [6.45, 7) is 1.88. The van der Waals surface area contributed by atoms with E-state index in [9.17, 15) is 13.9 Å². The summed E-state index contributed by atoms with van der Waals surface area (Å²) in [6, 6.07) is 12.7. The second kappa shape index (κ2) is 9.30. The Labute approximate surface area is 196 Å². The minimum Gasteiger partial charge on any atom is -0.393 e.